The van der Waals surface area contributed by atoms with Crippen molar-refractivity contribution < 1.29 is 37.7 Å². The molecule has 1 amide bonds. The first-order valence-corrected chi connectivity index (χ1v) is 15.6. The molecule has 0 aliphatic rings. The maximum absolute atomic E-state index is 14.2. The summed E-state index contributed by atoms with van der Waals surface area (Å²) in [5.74, 6) is -2.18. The number of aliphatic hydroxyl groups excluding tert-OH is 2. The number of nitrogens with zero attached hydrogens (tertiary/aromatic N) is 1. The van der Waals surface area contributed by atoms with E-state index in [1.54, 1.807) is 22.8 Å². The van der Waals surface area contributed by atoms with Crippen molar-refractivity contribution >= 4 is 63.2 Å². The molecule has 46 heavy (non-hydrogen) atoms. The molecular formula is C33H35FN3NaO7S. The van der Waals surface area contributed by atoms with Gasteiger partial charge in [0.15, 0.2) is 0 Å². The van der Waals surface area contributed by atoms with Crippen molar-refractivity contribution in [3.05, 3.63) is 102 Å². The van der Waals surface area contributed by atoms with Crippen LogP contribution in [0.3, 0.4) is 0 Å². The van der Waals surface area contributed by atoms with Gasteiger partial charge in [-0.25, -0.2) is 17.9 Å². The number of carbonyl (C=O) groups is 2. The van der Waals surface area contributed by atoms with Crippen molar-refractivity contribution in [1.82, 2.24) is 4.57 Å². The van der Waals surface area contributed by atoms with Crippen LogP contribution in [0.2, 0.25) is 0 Å². The molecule has 0 spiro atoms. The molecule has 0 unspecified atom stereocenters. The summed E-state index contributed by atoms with van der Waals surface area (Å²) in [6.45, 7) is 3.73. The van der Waals surface area contributed by atoms with E-state index < -0.39 is 46.3 Å². The average molecular weight is 660 g/mol. The number of carboxylic acid groups (broad SMARTS) is 1. The third-order valence-corrected chi connectivity index (χ3v) is 7.94. The monoisotopic (exact) mass is 659 g/mol. The van der Waals surface area contributed by atoms with Gasteiger partial charge in [0.25, 0.3) is 5.91 Å². The van der Waals surface area contributed by atoms with Gasteiger partial charge >= 0.3 is 35.5 Å². The number of halogens is 1. The molecule has 3 aromatic carbocycles. The van der Waals surface area contributed by atoms with E-state index in [1.165, 1.54) is 42.5 Å². The number of anilines is 1. The number of amides is 1. The van der Waals surface area contributed by atoms with Crippen molar-refractivity contribution in [2.75, 3.05) is 5.32 Å². The van der Waals surface area contributed by atoms with Crippen LogP contribution < -0.4 is 10.5 Å². The van der Waals surface area contributed by atoms with E-state index in [0.29, 0.717) is 33.6 Å². The number of hydrogen-bond donors (Lipinski definition) is 5. The molecule has 13 heteroatoms. The van der Waals surface area contributed by atoms with Crippen molar-refractivity contribution in [3.63, 3.8) is 0 Å². The van der Waals surface area contributed by atoms with E-state index in [2.05, 4.69) is 5.32 Å². The standard InChI is InChI=1S/C33H34FN3O7S.Na.H/c1-20(2)37-28(17-14-25(38)18-26(39)19-29(40)41)30(22-8-10-23(34)11-9-22)31(21-6-4-3-5-7-21)32(37)33(42)36-24-12-15-27(16-13-24)45(35,43)44;;/h3-17,20,25-26,38-39H,18-19H2,1-2H3,(H,36,42)(H,40,41)(H2,35,43,44);;/t25-,26-;;/m1../s1. The normalized spacial score (nSPS) is 12.9. The van der Waals surface area contributed by atoms with Crippen LogP contribution in [0.15, 0.2) is 89.8 Å². The number of carbonyl (C=O) groups excluding carboxylic acids is 1. The number of aliphatic carboxylic acids is 1. The number of nitrogens with two attached hydrogens (primary N) is 1. The average Bonchev–Trinajstić information content (AvgIpc) is 3.32. The predicted octanol–water partition coefficient (Wildman–Crippen LogP) is 4.39. The Labute approximate surface area is 288 Å². The Hall–Kier alpha value is -3.62. The Morgan fingerprint density at radius 3 is 2.07 bits per heavy atom. The fraction of sp³-hybridized carbons (Fsp3) is 0.212. The van der Waals surface area contributed by atoms with Crippen LogP contribution in [-0.2, 0) is 14.8 Å². The van der Waals surface area contributed by atoms with E-state index in [9.17, 15) is 32.6 Å². The number of primary sulfonamides is 1. The zero-order valence-corrected chi connectivity index (χ0v) is 25.4. The molecule has 0 fully saturated rings. The molecule has 1 heterocycles. The molecule has 4 rings (SSSR count). The van der Waals surface area contributed by atoms with Gasteiger partial charge in [0.05, 0.1) is 23.5 Å². The Morgan fingerprint density at radius 2 is 1.52 bits per heavy atom. The van der Waals surface area contributed by atoms with E-state index >= 15 is 0 Å². The van der Waals surface area contributed by atoms with Crippen molar-refractivity contribution in [2.24, 2.45) is 5.14 Å². The Balaban J connectivity index is 0.00000576. The molecule has 4 aromatic rings. The summed E-state index contributed by atoms with van der Waals surface area (Å²) in [6.07, 6.45) is -0.252. The minimum absolute atomic E-state index is 0. The van der Waals surface area contributed by atoms with Gasteiger partial charge in [0.1, 0.15) is 11.5 Å². The predicted molar refractivity (Wildman–Crippen MR) is 176 cm³/mol. The number of sulfonamides is 1. The van der Waals surface area contributed by atoms with Gasteiger partial charge in [0.2, 0.25) is 10.0 Å². The first-order chi connectivity index (χ1) is 21.3. The minimum atomic E-state index is -3.94. The van der Waals surface area contributed by atoms with Gasteiger partial charge in [-0.2, -0.15) is 0 Å². The van der Waals surface area contributed by atoms with E-state index in [-0.39, 0.29) is 52.6 Å². The zero-order chi connectivity index (χ0) is 32.9. The van der Waals surface area contributed by atoms with Crippen molar-refractivity contribution in [3.8, 4) is 22.3 Å². The maximum atomic E-state index is 14.2. The Kier molecular flexibility index (Phi) is 12.6. The number of aromatic nitrogens is 1. The number of benzene rings is 3. The van der Waals surface area contributed by atoms with Crippen LogP contribution in [0.5, 0.6) is 0 Å². The number of carboxylic acids is 1. The van der Waals surface area contributed by atoms with Gasteiger partial charge in [-0.1, -0.05) is 48.5 Å². The number of hydrogen-bond acceptors (Lipinski definition) is 6. The third kappa shape index (κ3) is 9.01. The Bertz CT molecular complexity index is 1810. The summed E-state index contributed by atoms with van der Waals surface area (Å²) in [4.78, 5) is 25.0. The number of rotatable bonds is 12. The zero-order valence-electron chi connectivity index (χ0n) is 24.6. The topological polar surface area (TPSA) is 172 Å². The second-order valence-electron chi connectivity index (χ2n) is 10.8. The molecule has 2 atom stereocenters. The second-order valence-corrected chi connectivity index (χ2v) is 12.3. The summed E-state index contributed by atoms with van der Waals surface area (Å²) in [7, 11) is -3.94. The van der Waals surface area contributed by atoms with Crippen LogP contribution in [0, 0.1) is 5.82 Å². The Morgan fingerprint density at radius 1 is 0.935 bits per heavy atom. The van der Waals surface area contributed by atoms with Crippen LogP contribution in [-0.4, -0.2) is 81.9 Å². The molecule has 1 aromatic heterocycles. The first-order valence-electron chi connectivity index (χ1n) is 14.1. The van der Waals surface area contributed by atoms with E-state index in [4.69, 9.17) is 10.2 Å². The van der Waals surface area contributed by atoms with E-state index in [1.807, 2.05) is 44.2 Å². The van der Waals surface area contributed by atoms with Crippen molar-refractivity contribution in [2.45, 2.75) is 49.8 Å². The van der Waals surface area contributed by atoms with Gasteiger partial charge in [-0.15, -0.1) is 0 Å². The molecule has 238 valence electrons. The molecule has 0 bridgehead atoms. The quantitative estimate of drug-likeness (QED) is 0.140. The molecular weight excluding hydrogens is 624 g/mol. The summed E-state index contributed by atoms with van der Waals surface area (Å²) < 4.78 is 39.3. The second kappa shape index (κ2) is 15.8. The molecule has 10 nitrogen and oxygen atoms in total. The van der Waals surface area contributed by atoms with Crippen LogP contribution >= 0.6 is 0 Å². The SMILES string of the molecule is CC(C)n1c(C=C[C@@H](O)C[C@@H](O)CC(=O)O)c(-c2ccc(F)cc2)c(-c2ccccc2)c1C(=O)Nc1ccc(S(N)(=O)=O)cc1.[NaH]. The molecule has 0 aliphatic heterocycles. The fourth-order valence-electron chi connectivity index (χ4n) is 5.09. The first kappa shape index (κ1) is 36.8. The third-order valence-electron chi connectivity index (χ3n) is 7.01. The van der Waals surface area contributed by atoms with Gasteiger partial charge < -0.3 is 25.2 Å². The number of nitrogens with one attached hydrogen (secondary N) is 1. The summed E-state index contributed by atoms with van der Waals surface area (Å²) in [5, 5.41) is 37.7. The molecule has 6 N–H and O–H groups in total. The van der Waals surface area contributed by atoms with E-state index in [0.717, 1.165) is 0 Å². The summed E-state index contributed by atoms with van der Waals surface area (Å²) in [6, 6.07) is 20.0. The van der Waals surface area contributed by atoms with Gasteiger partial charge in [0, 0.05) is 35.0 Å². The van der Waals surface area contributed by atoms with Crippen molar-refractivity contribution in [1.29, 1.82) is 0 Å². The van der Waals surface area contributed by atoms with Crippen LogP contribution in [0.4, 0.5) is 10.1 Å². The molecule has 0 radical (unpaired) electrons. The summed E-state index contributed by atoms with van der Waals surface area (Å²) >= 11 is 0. The van der Waals surface area contributed by atoms with Gasteiger partial charge in [-0.05, 0) is 67.4 Å². The molecule has 0 aliphatic carbocycles. The molecule has 0 saturated carbocycles. The van der Waals surface area contributed by atoms with Crippen LogP contribution in [0.1, 0.15) is 48.9 Å². The van der Waals surface area contributed by atoms with Gasteiger partial charge in [-0.3, -0.25) is 9.59 Å². The fourth-order valence-corrected chi connectivity index (χ4v) is 5.60. The molecule has 0 saturated heterocycles. The number of aliphatic hydroxyl groups is 2. The summed E-state index contributed by atoms with van der Waals surface area (Å²) in [5.41, 5.74) is 3.40. The van der Waals surface area contributed by atoms with Crippen LogP contribution in [0.25, 0.3) is 28.3 Å².